The summed E-state index contributed by atoms with van der Waals surface area (Å²) in [6.45, 7) is 0. The Balaban J connectivity index is 0.00000208. The first kappa shape index (κ1) is 17.2. The molecule has 2 aromatic carbocycles. The number of carbonyl (C=O) groups is 1. The lowest BCUT2D eigenvalue weighted by atomic mass is 10.1. The van der Waals surface area contributed by atoms with Crippen LogP contribution in [0.2, 0.25) is 0 Å². The van der Waals surface area contributed by atoms with Gasteiger partial charge >= 0.3 is 5.97 Å². The summed E-state index contributed by atoms with van der Waals surface area (Å²) < 4.78 is 1.47. The van der Waals surface area contributed by atoms with Gasteiger partial charge in [-0.15, -0.1) is 12.4 Å². The highest BCUT2D eigenvalue weighted by Crippen LogP contribution is 2.26. The number of nitrogens with zero attached hydrogens (tertiary/aromatic N) is 3. The molecule has 1 N–H and O–H groups in total. The molecule has 24 heavy (non-hydrogen) atoms. The van der Waals surface area contributed by atoms with Gasteiger partial charge in [0, 0.05) is 23.9 Å². The quantitative estimate of drug-likeness (QED) is 0.575. The van der Waals surface area contributed by atoms with E-state index < -0.39 is 10.9 Å². The lowest BCUT2D eigenvalue weighted by Gasteiger charge is -1.99. The molecule has 122 valence electrons. The fourth-order valence-electron chi connectivity index (χ4n) is 2.22. The Morgan fingerprint density at radius 1 is 1.08 bits per heavy atom. The SMILES string of the molecule is Cl.O=C(O)c1nn(-c2ccccc2)cc1-c1ccc([N+](=O)[O-])cc1. The van der Waals surface area contributed by atoms with Crippen LogP contribution >= 0.6 is 12.4 Å². The molecule has 0 saturated heterocycles. The molecule has 8 heteroatoms. The zero-order valence-corrected chi connectivity index (χ0v) is 13.0. The first-order chi connectivity index (χ1) is 11.1. The number of nitro groups is 1. The maximum Gasteiger partial charge on any atom is 0.357 e. The summed E-state index contributed by atoms with van der Waals surface area (Å²) >= 11 is 0. The van der Waals surface area contributed by atoms with Crippen molar-refractivity contribution >= 4 is 24.1 Å². The average Bonchev–Trinajstić information content (AvgIpc) is 3.01. The minimum Gasteiger partial charge on any atom is -0.476 e. The Labute approximate surface area is 142 Å². The molecule has 0 bridgehead atoms. The number of carboxylic acids is 1. The van der Waals surface area contributed by atoms with Gasteiger partial charge in [-0.2, -0.15) is 5.10 Å². The normalized spacial score (nSPS) is 10.0. The second-order valence-electron chi connectivity index (χ2n) is 4.78. The molecule has 0 amide bonds. The molecule has 0 aliphatic carbocycles. The first-order valence-corrected chi connectivity index (χ1v) is 6.69. The van der Waals surface area contributed by atoms with Crippen LogP contribution in [-0.4, -0.2) is 25.8 Å². The minimum atomic E-state index is -1.16. The molecular formula is C16H12ClN3O4. The summed E-state index contributed by atoms with van der Waals surface area (Å²) in [5.41, 5.74) is 1.51. The zero-order chi connectivity index (χ0) is 16.4. The molecule has 0 fully saturated rings. The number of rotatable bonds is 4. The van der Waals surface area contributed by atoms with E-state index in [9.17, 15) is 20.0 Å². The van der Waals surface area contributed by atoms with Crippen molar-refractivity contribution in [1.29, 1.82) is 0 Å². The molecule has 0 radical (unpaired) electrons. The third-order valence-electron chi connectivity index (χ3n) is 3.33. The van der Waals surface area contributed by atoms with Gasteiger partial charge in [0.15, 0.2) is 5.69 Å². The van der Waals surface area contributed by atoms with Crippen LogP contribution in [0, 0.1) is 10.1 Å². The van der Waals surface area contributed by atoms with Crippen LogP contribution < -0.4 is 0 Å². The number of aromatic nitrogens is 2. The highest BCUT2D eigenvalue weighted by Gasteiger charge is 2.18. The summed E-state index contributed by atoms with van der Waals surface area (Å²) in [4.78, 5) is 21.6. The zero-order valence-electron chi connectivity index (χ0n) is 12.2. The maximum absolute atomic E-state index is 11.4. The number of aromatic carboxylic acids is 1. The molecule has 0 saturated carbocycles. The van der Waals surface area contributed by atoms with E-state index in [0.717, 1.165) is 5.69 Å². The fraction of sp³-hybridized carbons (Fsp3) is 0. The van der Waals surface area contributed by atoms with Gasteiger partial charge in [-0.05, 0) is 29.8 Å². The van der Waals surface area contributed by atoms with E-state index in [1.807, 2.05) is 18.2 Å². The van der Waals surface area contributed by atoms with Crippen molar-refractivity contribution in [2.45, 2.75) is 0 Å². The molecular weight excluding hydrogens is 334 g/mol. The van der Waals surface area contributed by atoms with Crippen LogP contribution in [0.4, 0.5) is 5.69 Å². The molecule has 0 aliphatic rings. The largest absolute Gasteiger partial charge is 0.476 e. The Hall–Kier alpha value is -3.19. The van der Waals surface area contributed by atoms with E-state index in [-0.39, 0.29) is 23.8 Å². The summed E-state index contributed by atoms with van der Waals surface area (Å²) in [6, 6.07) is 14.8. The van der Waals surface area contributed by atoms with Crippen molar-refractivity contribution in [2.75, 3.05) is 0 Å². The minimum absolute atomic E-state index is 0. The number of para-hydroxylation sites is 1. The van der Waals surface area contributed by atoms with Crippen LogP contribution in [0.25, 0.3) is 16.8 Å². The van der Waals surface area contributed by atoms with E-state index in [1.54, 1.807) is 18.3 Å². The van der Waals surface area contributed by atoms with Crippen LogP contribution in [0.5, 0.6) is 0 Å². The van der Waals surface area contributed by atoms with E-state index in [1.165, 1.54) is 28.9 Å². The highest BCUT2D eigenvalue weighted by atomic mass is 35.5. The molecule has 3 rings (SSSR count). The first-order valence-electron chi connectivity index (χ1n) is 6.69. The third kappa shape index (κ3) is 3.26. The van der Waals surface area contributed by atoms with E-state index in [2.05, 4.69) is 5.10 Å². The van der Waals surface area contributed by atoms with Crippen LogP contribution in [0.1, 0.15) is 10.5 Å². The van der Waals surface area contributed by atoms with E-state index >= 15 is 0 Å². The van der Waals surface area contributed by atoms with Crippen LogP contribution in [0.3, 0.4) is 0 Å². The molecule has 7 nitrogen and oxygen atoms in total. The van der Waals surface area contributed by atoms with Crippen LogP contribution in [0.15, 0.2) is 60.8 Å². The maximum atomic E-state index is 11.4. The second kappa shape index (κ2) is 6.93. The van der Waals surface area contributed by atoms with Gasteiger partial charge in [0.1, 0.15) is 0 Å². The van der Waals surface area contributed by atoms with Gasteiger partial charge in [-0.25, -0.2) is 9.48 Å². The van der Waals surface area contributed by atoms with Crippen molar-refractivity contribution < 1.29 is 14.8 Å². The Bertz CT molecular complexity index is 876. The van der Waals surface area contributed by atoms with Crippen molar-refractivity contribution in [2.24, 2.45) is 0 Å². The second-order valence-corrected chi connectivity index (χ2v) is 4.78. The lowest BCUT2D eigenvalue weighted by molar-refractivity contribution is -0.384. The van der Waals surface area contributed by atoms with E-state index in [4.69, 9.17) is 0 Å². The molecule has 1 heterocycles. The summed E-state index contributed by atoms with van der Waals surface area (Å²) in [5.74, 6) is -1.16. The molecule has 0 spiro atoms. The average molecular weight is 346 g/mol. The monoisotopic (exact) mass is 345 g/mol. The van der Waals surface area contributed by atoms with Gasteiger partial charge in [-0.3, -0.25) is 10.1 Å². The highest BCUT2D eigenvalue weighted by molar-refractivity contribution is 5.94. The van der Waals surface area contributed by atoms with Crippen molar-refractivity contribution in [3.05, 3.63) is 76.6 Å². The van der Waals surface area contributed by atoms with Crippen molar-refractivity contribution in [3.63, 3.8) is 0 Å². The number of hydrogen-bond acceptors (Lipinski definition) is 4. The van der Waals surface area contributed by atoms with Gasteiger partial charge in [0.25, 0.3) is 5.69 Å². The van der Waals surface area contributed by atoms with Gasteiger partial charge in [0.2, 0.25) is 0 Å². The van der Waals surface area contributed by atoms with Crippen molar-refractivity contribution in [1.82, 2.24) is 9.78 Å². The number of halogens is 1. The summed E-state index contributed by atoms with van der Waals surface area (Å²) in [5, 5.41) is 24.2. The standard InChI is InChI=1S/C16H11N3O4.ClH/c20-16(21)15-14(11-6-8-13(9-7-11)19(22)23)10-18(17-15)12-4-2-1-3-5-12;/h1-10H,(H,20,21);1H. The number of benzene rings is 2. The topological polar surface area (TPSA) is 98.3 Å². The number of nitro benzene ring substituents is 1. The fourth-order valence-corrected chi connectivity index (χ4v) is 2.22. The Morgan fingerprint density at radius 3 is 2.25 bits per heavy atom. The summed E-state index contributed by atoms with van der Waals surface area (Å²) in [7, 11) is 0. The number of carboxylic acid groups (broad SMARTS) is 1. The van der Waals surface area contributed by atoms with Gasteiger partial charge < -0.3 is 5.11 Å². The molecule has 1 aromatic heterocycles. The number of hydrogen-bond donors (Lipinski definition) is 1. The molecule has 3 aromatic rings. The molecule has 0 unspecified atom stereocenters. The lowest BCUT2D eigenvalue weighted by Crippen LogP contribution is -2.01. The molecule has 0 aliphatic heterocycles. The van der Waals surface area contributed by atoms with Crippen LogP contribution in [-0.2, 0) is 0 Å². The van der Waals surface area contributed by atoms with Crippen molar-refractivity contribution in [3.8, 4) is 16.8 Å². The summed E-state index contributed by atoms with van der Waals surface area (Å²) in [6.07, 6.45) is 1.60. The predicted octanol–water partition coefficient (Wildman–Crippen LogP) is 3.57. The number of non-ortho nitro benzene ring substituents is 1. The predicted molar refractivity (Wildman–Crippen MR) is 89.9 cm³/mol. The smallest absolute Gasteiger partial charge is 0.357 e. The third-order valence-corrected chi connectivity index (χ3v) is 3.33. The van der Waals surface area contributed by atoms with Gasteiger partial charge in [-0.1, -0.05) is 18.2 Å². The van der Waals surface area contributed by atoms with Gasteiger partial charge in [0.05, 0.1) is 10.6 Å². The Kier molecular flexibility index (Phi) is 4.96. The molecule has 0 atom stereocenters. The van der Waals surface area contributed by atoms with E-state index in [0.29, 0.717) is 11.1 Å². The Morgan fingerprint density at radius 2 is 1.71 bits per heavy atom.